The summed E-state index contributed by atoms with van der Waals surface area (Å²) in [4.78, 5) is 0.659. The first-order chi connectivity index (χ1) is 7.70. The third-order valence-corrected chi connectivity index (χ3v) is 4.05. The van der Waals surface area contributed by atoms with Crippen LogP contribution in [0.2, 0.25) is 0 Å². The second-order valence-corrected chi connectivity index (χ2v) is 5.48. The number of benzene rings is 1. The van der Waals surface area contributed by atoms with Gasteiger partial charge in [-0.2, -0.15) is 0 Å². The highest BCUT2D eigenvalue weighted by Gasteiger charge is 2.22. The number of hydrogen-bond donors (Lipinski definition) is 1. The van der Waals surface area contributed by atoms with Gasteiger partial charge in [-0.05, 0) is 44.0 Å². The standard InChI is InChI=1S/C12H16FNOS/c1-16(15)11-4-2-3-10(13)12(11)9-5-7-14-8-6-9/h2-4,9,14H,5-8H2,1H3. The summed E-state index contributed by atoms with van der Waals surface area (Å²) in [5.41, 5.74) is 0.671. The molecule has 0 aromatic heterocycles. The van der Waals surface area contributed by atoms with Crippen molar-refractivity contribution in [1.82, 2.24) is 5.32 Å². The van der Waals surface area contributed by atoms with Crippen LogP contribution in [0.25, 0.3) is 0 Å². The molecule has 1 N–H and O–H groups in total. The summed E-state index contributed by atoms with van der Waals surface area (Å²) < 4.78 is 25.4. The summed E-state index contributed by atoms with van der Waals surface area (Å²) in [6.07, 6.45) is 3.45. The Morgan fingerprint density at radius 1 is 1.38 bits per heavy atom. The first-order valence-electron chi connectivity index (χ1n) is 5.52. The molecule has 2 nitrogen and oxygen atoms in total. The highest BCUT2D eigenvalue weighted by molar-refractivity contribution is 7.84. The Bertz CT molecular complexity index is 402. The predicted molar refractivity (Wildman–Crippen MR) is 63.6 cm³/mol. The summed E-state index contributed by atoms with van der Waals surface area (Å²) in [5, 5.41) is 3.25. The molecule has 1 heterocycles. The number of rotatable bonds is 2. The average Bonchev–Trinajstić information content (AvgIpc) is 2.29. The van der Waals surface area contributed by atoms with Gasteiger partial charge in [0.1, 0.15) is 5.82 Å². The van der Waals surface area contributed by atoms with Crippen molar-refractivity contribution in [2.75, 3.05) is 19.3 Å². The van der Waals surface area contributed by atoms with Crippen LogP contribution in [-0.4, -0.2) is 23.6 Å². The van der Waals surface area contributed by atoms with E-state index in [1.807, 2.05) is 0 Å². The van der Waals surface area contributed by atoms with Gasteiger partial charge in [0.15, 0.2) is 0 Å². The molecule has 1 unspecified atom stereocenters. The predicted octanol–water partition coefficient (Wildman–Crippen LogP) is 2.03. The second kappa shape index (κ2) is 5.06. The maximum Gasteiger partial charge on any atom is 0.127 e. The van der Waals surface area contributed by atoms with E-state index in [4.69, 9.17) is 0 Å². The Labute approximate surface area is 97.7 Å². The first-order valence-corrected chi connectivity index (χ1v) is 7.08. The monoisotopic (exact) mass is 241 g/mol. The van der Waals surface area contributed by atoms with Gasteiger partial charge in [-0.15, -0.1) is 0 Å². The van der Waals surface area contributed by atoms with E-state index >= 15 is 0 Å². The van der Waals surface area contributed by atoms with E-state index in [9.17, 15) is 8.60 Å². The number of halogens is 1. The van der Waals surface area contributed by atoms with Crippen molar-refractivity contribution in [2.45, 2.75) is 23.7 Å². The summed E-state index contributed by atoms with van der Waals surface area (Å²) in [7, 11) is -1.11. The molecule has 16 heavy (non-hydrogen) atoms. The summed E-state index contributed by atoms with van der Waals surface area (Å²) in [6, 6.07) is 4.88. The molecular weight excluding hydrogens is 225 g/mol. The molecule has 2 rings (SSSR count). The van der Waals surface area contributed by atoms with Gasteiger partial charge in [-0.25, -0.2) is 4.39 Å². The minimum atomic E-state index is -1.11. The highest BCUT2D eigenvalue weighted by Crippen LogP contribution is 2.31. The molecule has 0 amide bonds. The summed E-state index contributed by atoms with van der Waals surface area (Å²) in [5.74, 6) is 0.000880. The lowest BCUT2D eigenvalue weighted by atomic mass is 9.90. The van der Waals surface area contributed by atoms with E-state index in [0.717, 1.165) is 25.9 Å². The third-order valence-electron chi connectivity index (χ3n) is 3.07. The molecule has 1 fully saturated rings. The smallest absolute Gasteiger partial charge is 0.127 e. The molecule has 1 saturated heterocycles. The molecule has 1 aromatic rings. The van der Waals surface area contributed by atoms with Crippen LogP contribution in [0.15, 0.2) is 23.1 Å². The Kier molecular flexibility index (Phi) is 3.71. The van der Waals surface area contributed by atoms with Crippen molar-refractivity contribution in [2.24, 2.45) is 0 Å². The van der Waals surface area contributed by atoms with Gasteiger partial charge in [0, 0.05) is 16.7 Å². The normalized spacial score (nSPS) is 19.6. The molecule has 0 saturated carbocycles. The van der Waals surface area contributed by atoms with Gasteiger partial charge in [-0.3, -0.25) is 4.21 Å². The van der Waals surface area contributed by atoms with Crippen LogP contribution in [-0.2, 0) is 10.8 Å². The van der Waals surface area contributed by atoms with Crippen LogP contribution in [0.5, 0.6) is 0 Å². The molecule has 0 spiro atoms. The lowest BCUT2D eigenvalue weighted by Gasteiger charge is -2.24. The SMILES string of the molecule is CS(=O)c1cccc(F)c1C1CCNCC1. The zero-order chi connectivity index (χ0) is 11.5. The fourth-order valence-corrected chi connectivity index (χ4v) is 3.12. The molecule has 1 aromatic carbocycles. The minimum absolute atomic E-state index is 0.209. The maximum absolute atomic E-state index is 13.8. The van der Waals surface area contributed by atoms with Crippen LogP contribution < -0.4 is 5.32 Å². The van der Waals surface area contributed by atoms with Crippen molar-refractivity contribution >= 4 is 10.8 Å². The molecule has 88 valence electrons. The molecule has 1 aliphatic heterocycles. The Balaban J connectivity index is 2.40. The zero-order valence-electron chi connectivity index (χ0n) is 9.33. The summed E-state index contributed by atoms with van der Waals surface area (Å²) >= 11 is 0. The van der Waals surface area contributed by atoms with Crippen LogP contribution >= 0.6 is 0 Å². The van der Waals surface area contributed by atoms with Crippen molar-refractivity contribution in [3.8, 4) is 0 Å². The van der Waals surface area contributed by atoms with Crippen LogP contribution in [0.4, 0.5) is 4.39 Å². The van der Waals surface area contributed by atoms with E-state index in [2.05, 4.69) is 5.32 Å². The lowest BCUT2D eigenvalue weighted by molar-refractivity contribution is 0.439. The molecular formula is C12H16FNOS. The van der Waals surface area contributed by atoms with Gasteiger partial charge >= 0.3 is 0 Å². The molecule has 0 bridgehead atoms. The van der Waals surface area contributed by atoms with Gasteiger partial charge in [0.05, 0.1) is 10.8 Å². The third kappa shape index (κ3) is 2.33. The van der Waals surface area contributed by atoms with Crippen LogP contribution in [0.1, 0.15) is 24.3 Å². The molecule has 1 atom stereocenters. The quantitative estimate of drug-likeness (QED) is 0.858. The topological polar surface area (TPSA) is 29.1 Å². The van der Waals surface area contributed by atoms with Crippen molar-refractivity contribution < 1.29 is 8.60 Å². The second-order valence-electron chi connectivity index (χ2n) is 4.13. The summed E-state index contributed by atoms with van der Waals surface area (Å²) in [6.45, 7) is 1.82. The molecule has 0 radical (unpaired) electrons. The fourth-order valence-electron chi connectivity index (χ4n) is 2.27. The van der Waals surface area contributed by atoms with Crippen molar-refractivity contribution in [1.29, 1.82) is 0 Å². The lowest BCUT2D eigenvalue weighted by Crippen LogP contribution is -2.27. The molecule has 1 aliphatic rings. The van der Waals surface area contributed by atoms with E-state index in [1.165, 1.54) is 6.07 Å². The van der Waals surface area contributed by atoms with Gasteiger partial charge < -0.3 is 5.32 Å². The average molecular weight is 241 g/mol. The fraction of sp³-hybridized carbons (Fsp3) is 0.500. The van der Waals surface area contributed by atoms with Gasteiger partial charge in [0.2, 0.25) is 0 Å². The van der Waals surface area contributed by atoms with Crippen LogP contribution in [0.3, 0.4) is 0 Å². The Morgan fingerprint density at radius 3 is 2.69 bits per heavy atom. The van der Waals surface area contributed by atoms with Crippen molar-refractivity contribution in [3.63, 3.8) is 0 Å². The molecule has 4 heteroatoms. The number of hydrogen-bond acceptors (Lipinski definition) is 2. The molecule has 0 aliphatic carbocycles. The Morgan fingerprint density at radius 2 is 2.06 bits per heavy atom. The maximum atomic E-state index is 13.8. The largest absolute Gasteiger partial charge is 0.317 e. The Hall–Kier alpha value is -0.740. The van der Waals surface area contributed by atoms with E-state index in [-0.39, 0.29) is 11.7 Å². The van der Waals surface area contributed by atoms with Crippen molar-refractivity contribution in [3.05, 3.63) is 29.6 Å². The van der Waals surface area contributed by atoms with E-state index in [1.54, 1.807) is 18.4 Å². The van der Waals surface area contributed by atoms with Gasteiger partial charge in [-0.1, -0.05) is 6.07 Å². The van der Waals surface area contributed by atoms with E-state index < -0.39 is 10.8 Å². The van der Waals surface area contributed by atoms with E-state index in [0.29, 0.717) is 10.5 Å². The highest BCUT2D eigenvalue weighted by atomic mass is 32.2. The number of nitrogens with one attached hydrogen (secondary N) is 1. The van der Waals surface area contributed by atoms with Crippen LogP contribution in [0, 0.1) is 5.82 Å². The number of piperidine rings is 1. The minimum Gasteiger partial charge on any atom is -0.317 e. The van der Waals surface area contributed by atoms with Gasteiger partial charge in [0.25, 0.3) is 0 Å². The zero-order valence-corrected chi connectivity index (χ0v) is 10.1. The first kappa shape index (κ1) is 11.7.